The molecule has 1 aromatic heterocycles. The van der Waals surface area contributed by atoms with Crippen LogP contribution in [0.4, 0.5) is 10.5 Å². The summed E-state index contributed by atoms with van der Waals surface area (Å²) in [5, 5.41) is 6.38. The monoisotopic (exact) mass is 399 g/mol. The number of nitrogens with one attached hydrogen (secondary N) is 2. The van der Waals surface area contributed by atoms with Crippen molar-refractivity contribution >= 4 is 23.3 Å². The molecule has 2 aromatic carbocycles. The van der Waals surface area contributed by atoms with Crippen LogP contribution in [-0.4, -0.2) is 24.8 Å². The molecule has 0 saturated carbocycles. The summed E-state index contributed by atoms with van der Waals surface area (Å²) in [7, 11) is 3.12. The first-order valence-corrected chi connectivity index (χ1v) is 9.12. The highest BCUT2D eigenvalue weighted by atomic mass is 35.5. The first-order chi connectivity index (χ1) is 13.6. The molecule has 0 atom stereocenters. The molecule has 0 fully saturated rings. The fourth-order valence-corrected chi connectivity index (χ4v) is 2.92. The molecule has 6 nitrogen and oxygen atoms in total. The quantitative estimate of drug-likeness (QED) is 0.613. The lowest BCUT2D eigenvalue weighted by Gasteiger charge is -2.13. The molecule has 0 spiro atoms. The van der Waals surface area contributed by atoms with Crippen LogP contribution in [0, 0.1) is 0 Å². The van der Waals surface area contributed by atoms with Gasteiger partial charge in [-0.3, -0.25) is 0 Å². The fourth-order valence-electron chi connectivity index (χ4n) is 2.79. The molecule has 146 valence electrons. The molecule has 28 heavy (non-hydrogen) atoms. The maximum absolute atomic E-state index is 12.3. The number of anilines is 1. The highest BCUT2D eigenvalue weighted by Gasteiger charge is 2.10. The van der Waals surface area contributed by atoms with Gasteiger partial charge in [-0.05, 0) is 42.0 Å². The summed E-state index contributed by atoms with van der Waals surface area (Å²) in [5.41, 5.74) is 2.69. The minimum absolute atomic E-state index is 0.317. The molecule has 2 amide bonds. The van der Waals surface area contributed by atoms with Crippen molar-refractivity contribution in [2.24, 2.45) is 0 Å². The average molecular weight is 400 g/mol. The molecule has 3 aromatic rings. The first-order valence-electron chi connectivity index (χ1n) is 8.74. The van der Waals surface area contributed by atoms with E-state index in [1.165, 1.54) is 0 Å². The minimum Gasteiger partial charge on any atom is -0.497 e. The maximum atomic E-state index is 12.3. The van der Waals surface area contributed by atoms with Gasteiger partial charge in [0.25, 0.3) is 0 Å². The van der Waals surface area contributed by atoms with Gasteiger partial charge in [0.2, 0.25) is 0 Å². The summed E-state index contributed by atoms with van der Waals surface area (Å²) in [6.07, 6.45) is 1.98. The predicted molar refractivity (Wildman–Crippen MR) is 110 cm³/mol. The standard InChI is InChI=1S/C21H22ClN3O3/c1-27-18-9-10-19(20(12-18)28-2)24-21(26)23-13-17-4-3-11-25(17)14-15-5-7-16(22)8-6-15/h3-12H,13-14H2,1-2H3,(H2,23,24,26). The van der Waals surface area contributed by atoms with Crippen LogP contribution in [0.3, 0.4) is 0 Å². The van der Waals surface area contributed by atoms with Crippen LogP contribution in [0.25, 0.3) is 0 Å². The average Bonchev–Trinajstić information content (AvgIpc) is 3.15. The van der Waals surface area contributed by atoms with Crippen LogP contribution in [0.2, 0.25) is 5.02 Å². The van der Waals surface area contributed by atoms with Gasteiger partial charge in [0.1, 0.15) is 11.5 Å². The van der Waals surface area contributed by atoms with Crippen molar-refractivity contribution in [1.29, 1.82) is 0 Å². The number of carbonyl (C=O) groups excluding carboxylic acids is 1. The zero-order valence-corrected chi connectivity index (χ0v) is 16.5. The van der Waals surface area contributed by atoms with Crippen molar-refractivity contribution in [3.05, 3.63) is 77.1 Å². The lowest BCUT2D eigenvalue weighted by atomic mass is 10.2. The zero-order valence-electron chi connectivity index (χ0n) is 15.7. The van der Waals surface area contributed by atoms with E-state index >= 15 is 0 Å². The van der Waals surface area contributed by atoms with Gasteiger partial charge in [0.15, 0.2) is 0 Å². The molecule has 3 rings (SSSR count). The van der Waals surface area contributed by atoms with Crippen molar-refractivity contribution < 1.29 is 14.3 Å². The largest absolute Gasteiger partial charge is 0.497 e. The lowest BCUT2D eigenvalue weighted by Crippen LogP contribution is -2.29. The van der Waals surface area contributed by atoms with Crippen LogP contribution in [-0.2, 0) is 13.1 Å². The van der Waals surface area contributed by atoms with E-state index in [2.05, 4.69) is 15.2 Å². The molecule has 0 radical (unpaired) electrons. The molecular weight excluding hydrogens is 378 g/mol. The van der Waals surface area contributed by atoms with Crippen molar-refractivity contribution in [3.8, 4) is 11.5 Å². The number of halogens is 1. The number of hydrogen-bond donors (Lipinski definition) is 2. The summed E-state index contributed by atoms with van der Waals surface area (Å²) in [6.45, 7) is 1.10. The molecule has 2 N–H and O–H groups in total. The van der Waals surface area contributed by atoms with Crippen molar-refractivity contribution in [2.45, 2.75) is 13.1 Å². The number of urea groups is 1. The SMILES string of the molecule is COc1ccc(NC(=O)NCc2cccn2Cc2ccc(Cl)cc2)c(OC)c1. The molecule has 1 heterocycles. The van der Waals surface area contributed by atoms with Crippen LogP contribution in [0.15, 0.2) is 60.8 Å². The van der Waals surface area contributed by atoms with Gasteiger partial charge in [-0.2, -0.15) is 0 Å². The lowest BCUT2D eigenvalue weighted by molar-refractivity contribution is 0.251. The van der Waals surface area contributed by atoms with Gasteiger partial charge in [-0.25, -0.2) is 4.79 Å². The highest BCUT2D eigenvalue weighted by molar-refractivity contribution is 6.30. The van der Waals surface area contributed by atoms with Crippen LogP contribution < -0.4 is 20.1 Å². The Morgan fingerprint density at radius 3 is 2.57 bits per heavy atom. The normalized spacial score (nSPS) is 10.4. The summed E-state index contributed by atoms with van der Waals surface area (Å²) in [5.74, 6) is 1.18. The molecule has 0 saturated heterocycles. The number of nitrogens with zero attached hydrogens (tertiary/aromatic N) is 1. The Hall–Kier alpha value is -3.12. The Bertz CT molecular complexity index is 938. The van der Waals surface area contributed by atoms with Gasteiger partial charge in [0, 0.05) is 29.5 Å². The minimum atomic E-state index is -0.317. The summed E-state index contributed by atoms with van der Waals surface area (Å²) >= 11 is 5.94. The summed E-state index contributed by atoms with van der Waals surface area (Å²) in [6, 6.07) is 16.5. The number of hydrogen-bond acceptors (Lipinski definition) is 3. The summed E-state index contributed by atoms with van der Waals surface area (Å²) in [4.78, 5) is 12.3. The molecule has 0 aliphatic rings. The molecule has 0 aliphatic carbocycles. The highest BCUT2D eigenvalue weighted by Crippen LogP contribution is 2.28. The second-order valence-corrected chi connectivity index (χ2v) is 6.56. The van der Waals surface area contributed by atoms with Gasteiger partial charge >= 0.3 is 6.03 Å². The Morgan fingerprint density at radius 2 is 1.86 bits per heavy atom. The van der Waals surface area contributed by atoms with E-state index in [1.54, 1.807) is 32.4 Å². The van der Waals surface area contributed by atoms with Crippen molar-refractivity contribution in [2.75, 3.05) is 19.5 Å². The van der Waals surface area contributed by atoms with Crippen LogP contribution in [0.5, 0.6) is 11.5 Å². The fraction of sp³-hybridized carbons (Fsp3) is 0.190. The van der Waals surface area contributed by atoms with Crippen LogP contribution in [0.1, 0.15) is 11.3 Å². The van der Waals surface area contributed by atoms with Crippen molar-refractivity contribution in [3.63, 3.8) is 0 Å². The van der Waals surface area contributed by atoms with E-state index in [-0.39, 0.29) is 6.03 Å². The number of methoxy groups -OCH3 is 2. The molecule has 0 unspecified atom stereocenters. The second-order valence-electron chi connectivity index (χ2n) is 6.13. The Labute approximate surface area is 169 Å². The second kappa shape index (κ2) is 9.19. The number of ether oxygens (including phenoxy) is 2. The van der Waals surface area contributed by atoms with Crippen LogP contribution >= 0.6 is 11.6 Å². The van der Waals surface area contributed by atoms with E-state index in [0.717, 1.165) is 11.3 Å². The van der Waals surface area contributed by atoms with E-state index in [4.69, 9.17) is 21.1 Å². The summed E-state index contributed by atoms with van der Waals surface area (Å²) < 4.78 is 12.5. The predicted octanol–water partition coefficient (Wildman–Crippen LogP) is 4.53. The molecule has 7 heteroatoms. The Morgan fingerprint density at radius 1 is 1.07 bits per heavy atom. The zero-order chi connectivity index (χ0) is 19.9. The van der Waals surface area contributed by atoms with E-state index < -0.39 is 0 Å². The maximum Gasteiger partial charge on any atom is 0.319 e. The van der Waals surface area contributed by atoms with Gasteiger partial charge in [0.05, 0.1) is 26.5 Å². The Kier molecular flexibility index (Phi) is 6.45. The number of benzene rings is 2. The topological polar surface area (TPSA) is 64.5 Å². The third kappa shape index (κ3) is 4.98. The van der Waals surface area contributed by atoms with Gasteiger partial charge in [-0.15, -0.1) is 0 Å². The first kappa shape index (κ1) is 19.6. The van der Waals surface area contributed by atoms with Gasteiger partial charge < -0.3 is 24.7 Å². The van der Waals surface area contributed by atoms with E-state index in [0.29, 0.717) is 35.3 Å². The van der Waals surface area contributed by atoms with E-state index in [9.17, 15) is 4.79 Å². The Balaban J connectivity index is 1.60. The van der Waals surface area contributed by atoms with E-state index in [1.807, 2.05) is 42.6 Å². The molecular formula is C21H22ClN3O3. The van der Waals surface area contributed by atoms with Crippen molar-refractivity contribution in [1.82, 2.24) is 9.88 Å². The number of amides is 2. The number of rotatable bonds is 7. The smallest absolute Gasteiger partial charge is 0.319 e. The third-order valence-electron chi connectivity index (χ3n) is 4.28. The number of aromatic nitrogens is 1. The van der Waals surface area contributed by atoms with Gasteiger partial charge in [-0.1, -0.05) is 23.7 Å². The number of carbonyl (C=O) groups is 1. The molecule has 0 aliphatic heterocycles. The third-order valence-corrected chi connectivity index (χ3v) is 4.53. The molecule has 0 bridgehead atoms.